The zero-order valence-corrected chi connectivity index (χ0v) is 17.0. The Bertz CT molecular complexity index is 746. The van der Waals surface area contributed by atoms with E-state index in [1.54, 1.807) is 21.1 Å². The van der Waals surface area contributed by atoms with Crippen molar-refractivity contribution in [2.75, 3.05) is 20.8 Å². The van der Waals surface area contributed by atoms with E-state index in [-0.39, 0.29) is 28.9 Å². The molecule has 27 heavy (non-hydrogen) atoms. The highest BCUT2D eigenvalue weighted by Crippen LogP contribution is 2.70. The molecule has 148 valence electrons. The molecule has 1 amide bonds. The Kier molecular flexibility index (Phi) is 4.41. The molecule has 1 N–H and O–H groups in total. The molecule has 2 saturated carbocycles. The molecule has 0 radical (unpaired) electrons. The summed E-state index contributed by atoms with van der Waals surface area (Å²) in [6.07, 6.45) is 3.32. The Morgan fingerprint density at radius 1 is 1.26 bits per heavy atom. The quantitative estimate of drug-likeness (QED) is 0.874. The van der Waals surface area contributed by atoms with Crippen LogP contribution < -0.4 is 14.8 Å². The van der Waals surface area contributed by atoms with Gasteiger partial charge in [-0.3, -0.25) is 4.79 Å². The molecule has 1 heterocycles. The average Bonchev–Trinajstić information content (AvgIpc) is 3.13. The number of ether oxygens (including phenoxy) is 3. The van der Waals surface area contributed by atoms with Crippen LogP contribution >= 0.6 is 0 Å². The van der Waals surface area contributed by atoms with Gasteiger partial charge in [0.25, 0.3) is 0 Å². The van der Waals surface area contributed by atoms with Crippen molar-refractivity contribution < 1.29 is 19.0 Å². The van der Waals surface area contributed by atoms with Gasteiger partial charge in [0.1, 0.15) is 11.5 Å². The highest BCUT2D eigenvalue weighted by molar-refractivity contribution is 5.73. The summed E-state index contributed by atoms with van der Waals surface area (Å²) >= 11 is 0. The lowest BCUT2D eigenvalue weighted by molar-refractivity contribution is -0.136. The normalized spacial score (nSPS) is 36.2. The zero-order valence-electron chi connectivity index (χ0n) is 17.0. The minimum absolute atomic E-state index is 0.00281. The van der Waals surface area contributed by atoms with Crippen LogP contribution in [0.1, 0.15) is 51.7 Å². The molecule has 5 nitrogen and oxygen atoms in total. The summed E-state index contributed by atoms with van der Waals surface area (Å²) in [4.78, 5) is 12.0. The third-order valence-corrected chi connectivity index (χ3v) is 7.60. The van der Waals surface area contributed by atoms with E-state index in [1.165, 1.54) is 6.42 Å². The third-order valence-electron chi connectivity index (χ3n) is 7.60. The number of nitrogens with one attached hydrogen (secondary N) is 1. The number of hydrogen-bond donors (Lipinski definition) is 1. The summed E-state index contributed by atoms with van der Waals surface area (Å²) in [7, 11) is 3.36. The molecule has 1 saturated heterocycles. The van der Waals surface area contributed by atoms with Crippen molar-refractivity contribution in [3.8, 4) is 11.5 Å². The maximum absolute atomic E-state index is 12.0. The lowest BCUT2D eigenvalue weighted by Gasteiger charge is -2.53. The van der Waals surface area contributed by atoms with Crippen LogP contribution in [0.25, 0.3) is 0 Å². The zero-order chi connectivity index (χ0) is 19.4. The van der Waals surface area contributed by atoms with Crippen LogP contribution in [0.5, 0.6) is 11.5 Å². The van der Waals surface area contributed by atoms with Gasteiger partial charge in [0, 0.05) is 31.2 Å². The van der Waals surface area contributed by atoms with Crippen molar-refractivity contribution in [2.45, 2.75) is 52.2 Å². The van der Waals surface area contributed by atoms with Crippen LogP contribution in [0.4, 0.5) is 0 Å². The maximum Gasteiger partial charge on any atom is 0.217 e. The second-order valence-electron chi connectivity index (χ2n) is 9.08. The van der Waals surface area contributed by atoms with E-state index >= 15 is 0 Å². The van der Waals surface area contributed by atoms with Gasteiger partial charge in [-0.2, -0.15) is 0 Å². The van der Waals surface area contributed by atoms with Crippen LogP contribution in [0, 0.1) is 22.7 Å². The summed E-state index contributed by atoms with van der Waals surface area (Å²) in [5, 5.41) is 3.33. The Labute approximate surface area is 161 Å². The fourth-order valence-corrected chi connectivity index (χ4v) is 6.35. The first kappa shape index (κ1) is 18.6. The number of rotatable bonds is 4. The Morgan fingerprint density at radius 2 is 2.04 bits per heavy atom. The number of carbonyl (C=O) groups excluding carboxylic acids is 1. The Hall–Kier alpha value is -1.75. The molecule has 4 rings (SSSR count). The number of amides is 1. The minimum atomic E-state index is -0.00281. The van der Waals surface area contributed by atoms with Crippen LogP contribution in [-0.4, -0.2) is 32.8 Å². The molecule has 0 aromatic heterocycles. The summed E-state index contributed by atoms with van der Waals surface area (Å²) in [5.41, 5.74) is 1.32. The van der Waals surface area contributed by atoms with E-state index in [4.69, 9.17) is 14.2 Å². The number of fused-ring (bicyclic) bond motifs is 1. The lowest BCUT2D eigenvalue weighted by Crippen LogP contribution is -2.58. The van der Waals surface area contributed by atoms with Gasteiger partial charge >= 0.3 is 0 Å². The molecule has 2 aliphatic carbocycles. The van der Waals surface area contributed by atoms with Gasteiger partial charge in [-0.25, -0.2) is 0 Å². The molecule has 1 spiro atoms. The van der Waals surface area contributed by atoms with Gasteiger partial charge in [0.15, 0.2) is 0 Å². The Balaban J connectivity index is 1.73. The van der Waals surface area contributed by atoms with Crippen LogP contribution in [0.3, 0.4) is 0 Å². The first-order valence-corrected chi connectivity index (χ1v) is 9.94. The fourth-order valence-electron chi connectivity index (χ4n) is 6.35. The number of methoxy groups -OCH3 is 2. The molecule has 2 bridgehead atoms. The summed E-state index contributed by atoms with van der Waals surface area (Å²) in [6, 6.07) is 6.18. The standard InChI is InChI=1S/C22H31NO4/c1-13(24)23-20-21(2,3)14-10-17-19(27-9-8-22(17,20)12-14)16-7-6-15(25-4)11-18(16)26-5/h6-7,11,14,17,19-20H,8-10,12H2,1-5H3,(H,23,24)/t14-,17-,19-,20+,22?/m1/s1. The highest BCUT2D eigenvalue weighted by atomic mass is 16.5. The van der Waals surface area contributed by atoms with Gasteiger partial charge in [0.05, 0.1) is 20.3 Å². The monoisotopic (exact) mass is 373 g/mol. The van der Waals surface area contributed by atoms with Crippen molar-refractivity contribution in [2.24, 2.45) is 22.7 Å². The molecule has 1 aromatic rings. The van der Waals surface area contributed by atoms with Gasteiger partial charge in [-0.05, 0) is 54.1 Å². The molecular weight excluding hydrogens is 342 g/mol. The second-order valence-corrected chi connectivity index (χ2v) is 9.08. The second kappa shape index (κ2) is 6.40. The first-order chi connectivity index (χ1) is 12.8. The molecule has 1 unspecified atom stereocenters. The molecular formula is C22H31NO4. The van der Waals surface area contributed by atoms with Crippen LogP contribution in [-0.2, 0) is 9.53 Å². The van der Waals surface area contributed by atoms with Crippen molar-refractivity contribution >= 4 is 5.91 Å². The van der Waals surface area contributed by atoms with E-state index in [0.717, 1.165) is 36.5 Å². The number of carbonyl (C=O) groups is 1. The number of hydrogen-bond acceptors (Lipinski definition) is 4. The lowest BCUT2D eigenvalue weighted by atomic mass is 9.58. The molecule has 5 heteroatoms. The van der Waals surface area contributed by atoms with Crippen molar-refractivity contribution in [1.29, 1.82) is 0 Å². The van der Waals surface area contributed by atoms with E-state index < -0.39 is 0 Å². The predicted octanol–water partition coefficient (Wildman–Crippen LogP) is 3.72. The smallest absolute Gasteiger partial charge is 0.217 e. The summed E-state index contributed by atoms with van der Waals surface area (Å²) < 4.78 is 17.4. The van der Waals surface area contributed by atoms with Crippen LogP contribution in [0.15, 0.2) is 18.2 Å². The van der Waals surface area contributed by atoms with Crippen molar-refractivity contribution in [3.63, 3.8) is 0 Å². The van der Waals surface area contributed by atoms with Gasteiger partial charge in [-0.1, -0.05) is 13.8 Å². The minimum Gasteiger partial charge on any atom is -0.497 e. The van der Waals surface area contributed by atoms with E-state index in [9.17, 15) is 4.79 Å². The molecule has 1 aromatic carbocycles. The Morgan fingerprint density at radius 3 is 2.70 bits per heavy atom. The highest BCUT2D eigenvalue weighted by Gasteiger charge is 2.68. The van der Waals surface area contributed by atoms with Crippen molar-refractivity contribution in [1.82, 2.24) is 5.32 Å². The predicted molar refractivity (Wildman–Crippen MR) is 103 cm³/mol. The molecule has 5 atom stereocenters. The van der Waals surface area contributed by atoms with E-state index in [2.05, 4.69) is 25.2 Å². The number of benzene rings is 1. The van der Waals surface area contributed by atoms with Crippen LogP contribution in [0.2, 0.25) is 0 Å². The van der Waals surface area contributed by atoms with Gasteiger partial charge in [0.2, 0.25) is 5.91 Å². The summed E-state index contributed by atoms with van der Waals surface area (Å²) in [5.74, 6) is 2.66. The molecule has 1 aliphatic heterocycles. The van der Waals surface area contributed by atoms with E-state index in [1.807, 2.05) is 12.1 Å². The average molecular weight is 373 g/mol. The maximum atomic E-state index is 12.0. The van der Waals surface area contributed by atoms with Gasteiger partial charge in [-0.15, -0.1) is 0 Å². The topological polar surface area (TPSA) is 56.8 Å². The fraction of sp³-hybridized carbons (Fsp3) is 0.682. The first-order valence-electron chi connectivity index (χ1n) is 9.94. The molecule has 3 fully saturated rings. The summed E-state index contributed by atoms with van der Waals surface area (Å²) in [6.45, 7) is 7.00. The largest absolute Gasteiger partial charge is 0.497 e. The van der Waals surface area contributed by atoms with Gasteiger partial charge < -0.3 is 19.5 Å². The third kappa shape index (κ3) is 2.65. The van der Waals surface area contributed by atoms with Crippen molar-refractivity contribution in [3.05, 3.63) is 23.8 Å². The SMILES string of the molecule is COc1ccc([C@H]2OCCC34C[C@@H](C[C@H]23)C(C)(C)[C@@H]4NC(C)=O)c(OC)c1. The van der Waals surface area contributed by atoms with E-state index in [0.29, 0.717) is 11.8 Å². The molecule has 3 aliphatic rings.